The molecule has 0 unspecified atom stereocenters. The van der Waals surface area contributed by atoms with Crippen LogP contribution in [0.4, 0.5) is 30.7 Å². The Morgan fingerprint density at radius 2 is 1.47 bits per heavy atom. The standard InChI is InChI=1S/C23H22F7NO/c24-18-4-1-14(2-5-18)21-19-11-31-10-15(19)3-6-20(21)32-12-13-7-16(22(25,26)27)9-17(8-13)23(28,29)30/h1-2,4-5,7-9,15,19-21,31H,3,6,10-12H2/t15-,19-,20+,21+/m1/s1. The molecule has 1 saturated heterocycles. The number of hydrogen-bond acceptors (Lipinski definition) is 2. The van der Waals surface area contributed by atoms with E-state index in [-0.39, 0.29) is 35.9 Å². The Labute approximate surface area is 180 Å². The quantitative estimate of drug-likeness (QED) is 0.551. The Bertz CT molecular complexity index is 907. The van der Waals surface area contributed by atoms with Gasteiger partial charge in [0.05, 0.1) is 23.8 Å². The van der Waals surface area contributed by atoms with Crippen molar-refractivity contribution in [3.63, 3.8) is 0 Å². The van der Waals surface area contributed by atoms with Crippen LogP contribution in [0.5, 0.6) is 0 Å². The highest BCUT2D eigenvalue weighted by Gasteiger charge is 2.43. The lowest BCUT2D eigenvalue weighted by molar-refractivity contribution is -0.143. The van der Waals surface area contributed by atoms with Gasteiger partial charge in [0.1, 0.15) is 5.82 Å². The zero-order valence-corrected chi connectivity index (χ0v) is 16.9. The lowest BCUT2D eigenvalue weighted by Crippen LogP contribution is -2.37. The lowest BCUT2D eigenvalue weighted by Gasteiger charge is -2.40. The van der Waals surface area contributed by atoms with E-state index in [0.717, 1.165) is 25.1 Å². The monoisotopic (exact) mass is 461 g/mol. The van der Waals surface area contributed by atoms with E-state index in [4.69, 9.17) is 4.74 Å². The van der Waals surface area contributed by atoms with Crippen LogP contribution in [-0.4, -0.2) is 19.2 Å². The van der Waals surface area contributed by atoms with Crippen LogP contribution in [0, 0.1) is 17.7 Å². The van der Waals surface area contributed by atoms with E-state index in [1.165, 1.54) is 12.1 Å². The van der Waals surface area contributed by atoms with E-state index < -0.39 is 29.6 Å². The fourth-order valence-electron chi connectivity index (χ4n) is 4.96. The summed E-state index contributed by atoms with van der Waals surface area (Å²) < 4.78 is 98.3. The molecule has 1 saturated carbocycles. The van der Waals surface area contributed by atoms with E-state index in [1.807, 2.05) is 0 Å². The van der Waals surface area contributed by atoms with E-state index in [1.54, 1.807) is 12.1 Å². The van der Waals surface area contributed by atoms with E-state index in [2.05, 4.69) is 5.32 Å². The molecular weight excluding hydrogens is 439 g/mol. The van der Waals surface area contributed by atoms with Crippen molar-refractivity contribution in [1.29, 1.82) is 0 Å². The maximum atomic E-state index is 13.4. The molecule has 0 aromatic heterocycles. The van der Waals surface area contributed by atoms with Crippen LogP contribution >= 0.6 is 0 Å². The highest BCUT2D eigenvalue weighted by molar-refractivity contribution is 5.33. The summed E-state index contributed by atoms with van der Waals surface area (Å²) in [7, 11) is 0. The summed E-state index contributed by atoms with van der Waals surface area (Å²) in [4.78, 5) is 0. The Hall–Kier alpha value is -2.13. The van der Waals surface area contributed by atoms with Crippen molar-refractivity contribution < 1.29 is 35.5 Å². The lowest BCUT2D eigenvalue weighted by atomic mass is 9.69. The van der Waals surface area contributed by atoms with Gasteiger partial charge in [-0.3, -0.25) is 0 Å². The van der Waals surface area contributed by atoms with Gasteiger partial charge in [0.15, 0.2) is 0 Å². The van der Waals surface area contributed by atoms with Crippen molar-refractivity contribution in [2.45, 2.75) is 43.8 Å². The molecule has 9 heteroatoms. The molecule has 32 heavy (non-hydrogen) atoms. The molecule has 2 aromatic rings. The van der Waals surface area contributed by atoms with Gasteiger partial charge in [-0.2, -0.15) is 26.3 Å². The zero-order chi connectivity index (χ0) is 23.1. The number of nitrogens with one attached hydrogen (secondary N) is 1. The number of hydrogen-bond donors (Lipinski definition) is 1. The van der Waals surface area contributed by atoms with Crippen LogP contribution in [0.15, 0.2) is 42.5 Å². The summed E-state index contributed by atoms with van der Waals surface area (Å²) in [5.41, 5.74) is -2.04. The summed E-state index contributed by atoms with van der Waals surface area (Å²) >= 11 is 0. The van der Waals surface area contributed by atoms with Gasteiger partial charge >= 0.3 is 12.4 Å². The molecule has 2 aliphatic rings. The predicted molar refractivity (Wildman–Crippen MR) is 103 cm³/mol. The van der Waals surface area contributed by atoms with Gasteiger partial charge in [-0.05, 0) is 79.2 Å². The molecule has 1 aliphatic carbocycles. The number of ether oxygens (including phenoxy) is 1. The molecule has 4 rings (SSSR count). The Balaban J connectivity index is 1.59. The molecular formula is C23H22F7NO. The first-order valence-electron chi connectivity index (χ1n) is 10.4. The van der Waals surface area contributed by atoms with Crippen LogP contribution in [0.25, 0.3) is 0 Å². The Kier molecular flexibility index (Phi) is 6.24. The normalized spacial score (nSPS) is 26.2. The molecule has 1 aliphatic heterocycles. The average molecular weight is 461 g/mol. The van der Waals surface area contributed by atoms with Gasteiger partial charge in [-0.25, -0.2) is 4.39 Å². The molecule has 0 amide bonds. The smallest absolute Gasteiger partial charge is 0.373 e. The van der Waals surface area contributed by atoms with Crippen molar-refractivity contribution in [2.24, 2.45) is 11.8 Å². The number of alkyl halides is 6. The Morgan fingerprint density at radius 3 is 2.06 bits per heavy atom. The molecule has 0 bridgehead atoms. The van der Waals surface area contributed by atoms with Crippen LogP contribution < -0.4 is 5.32 Å². The number of benzene rings is 2. The molecule has 2 nitrogen and oxygen atoms in total. The second-order valence-corrected chi connectivity index (χ2v) is 8.50. The first-order valence-corrected chi connectivity index (χ1v) is 10.4. The third-order valence-electron chi connectivity index (χ3n) is 6.44. The summed E-state index contributed by atoms with van der Waals surface area (Å²) in [5, 5.41) is 3.34. The van der Waals surface area contributed by atoms with Crippen LogP contribution in [-0.2, 0) is 23.7 Å². The predicted octanol–water partition coefficient (Wildman–Crippen LogP) is 6.16. The van der Waals surface area contributed by atoms with Gasteiger partial charge in [0, 0.05) is 5.92 Å². The molecule has 174 valence electrons. The third-order valence-corrected chi connectivity index (χ3v) is 6.44. The fraction of sp³-hybridized carbons (Fsp3) is 0.478. The van der Waals surface area contributed by atoms with Gasteiger partial charge < -0.3 is 10.1 Å². The number of fused-ring (bicyclic) bond motifs is 1. The summed E-state index contributed by atoms with van der Waals surface area (Å²) in [5.74, 6) is 0.0887. The SMILES string of the molecule is Fc1ccc([C@H]2[C@@H]3CNC[C@H]3CC[C@@H]2OCc2cc(C(F)(F)F)cc(C(F)(F)F)c2)cc1. The maximum absolute atomic E-state index is 13.4. The second-order valence-electron chi connectivity index (χ2n) is 8.50. The molecule has 1 heterocycles. The van der Waals surface area contributed by atoms with Crippen molar-refractivity contribution in [3.8, 4) is 0 Å². The van der Waals surface area contributed by atoms with Gasteiger partial charge in [0.25, 0.3) is 0 Å². The first kappa shape index (κ1) is 23.0. The van der Waals surface area contributed by atoms with Crippen LogP contribution in [0.3, 0.4) is 0 Å². The topological polar surface area (TPSA) is 21.3 Å². The molecule has 0 radical (unpaired) electrons. The number of halogens is 7. The summed E-state index contributed by atoms with van der Waals surface area (Å²) in [6, 6.07) is 7.55. The van der Waals surface area contributed by atoms with Gasteiger partial charge in [-0.1, -0.05) is 12.1 Å². The summed E-state index contributed by atoms with van der Waals surface area (Å²) in [6.45, 7) is 1.20. The van der Waals surface area contributed by atoms with Gasteiger partial charge in [-0.15, -0.1) is 0 Å². The van der Waals surface area contributed by atoms with Crippen molar-refractivity contribution in [1.82, 2.24) is 5.32 Å². The molecule has 0 spiro atoms. The minimum absolute atomic E-state index is 0.111. The van der Waals surface area contributed by atoms with Crippen molar-refractivity contribution in [2.75, 3.05) is 13.1 Å². The highest BCUT2D eigenvalue weighted by atomic mass is 19.4. The first-order chi connectivity index (χ1) is 15.0. The third kappa shape index (κ3) is 4.93. The van der Waals surface area contributed by atoms with E-state index in [0.29, 0.717) is 24.5 Å². The van der Waals surface area contributed by atoms with Crippen LogP contribution in [0.2, 0.25) is 0 Å². The average Bonchev–Trinajstić information content (AvgIpc) is 3.20. The maximum Gasteiger partial charge on any atom is 0.416 e. The zero-order valence-electron chi connectivity index (χ0n) is 16.9. The minimum Gasteiger partial charge on any atom is -0.373 e. The summed E-state index contributed by atoms with van der Waals surface area (Å²) in [6.07, 6.45) is -8.74. The molecule has 4 atom stereocenters. The highest BCUT2D eigenvalue weighted by Crippen LogP contribution is 2.45. The van der Waals surface area contributed by atoms with Crippen LogP contribution in [0.1, 0.15) is 41.0 Å². The fourth-order valence-corrected chi connectivity index (χ4v) is 4.96. The molecule has 2 fully saturated rings. The Morgan fingerprint density at radius 1 is 0.844 bits per heavy atom. The molecule has 2 aromatic carbocycles. The number of rotatable bonds is 4. The molecule has 1 N–H and O–H groups in total. The van der Waals surface area contributed by atoms with E-state index >= 15 is 0 Å². The minimum atomic E-state index is -4.90. The second kappa shape index (κ2) is 8.67. The van der Waals surface area contributed by atoms with Crippen molar-refractivity contribution in [3.05, 3.63) is 70.5 Å². The van der Waals surface area contributed by atoms with Crippen molar-refractivity contribution >= 4 is 0 Å². The van der Waals surface area contributed by atoms with Gasteiger partial charge in [0.2, 0.25) is 0 Å². The largest absolute Gasteiger partial charge is 0.416 e. The van der Waals surface area contributed by atoms with E-state index in [9.17, 15) is 30.7 Å².